The summed E-state index contributed by atoms with van der Waals surface area (Å²) in [6.07, 6.45) is 1.26. The lowest BCUT2D eigenvalue weighted by atomic mass is 10.1. The molecule has 0 unspecified atom stereocenters. The highest BCUT2D eigenvalue weighted by Gasteiger charge is 2.38. The van der Waals surface area contributed by atoms with Crippen LogP contribution in [0, 0.1) is 17.8 Å². The van der Waals surface area contributed by atoms with Crippen molar-refractivity contribution >= 4 is 0 Å². The van der Waals surface area contributed by atoms with Gasteiger partial charge < -0.3 is 5.11 Å². The Kier molecular flexibility index (Phi) is 1.57. The first-order chi connectivity index (χ1) is 3.75. The molecule has 0 bridgehead atoms. The van der Waals surface area contributed by atoms with E-state index in [0.29, 0.717) is 12.5 Å². The maximum Gasteiger partial charge on any atom is 0.0462 e. The highest BCUT2D eigenvalue weighted by Crippen LogP contribution is 2.43. The quantitative estimate of drug-likeness (QED) is 0.573. The van der Waals surface area contributed by atoms with Crippen molar-refractivity contribution in [3.63, 3.8) is 0 Å². The summed E-state index contributed by atoms with van der Waals surface area (Å²) in [6.45, 7) is 4.85. The van der Waals surface area contributed by atoms with Gasteiger partial charge in [-0.3, -0.25) is 0 Å². The molecule has 1 rings (SSSR count). The van der Waals surface area contributed by atoms with E-state index in [2.05, 4.69) is 13.8 Å². The van der Waals surface area contributed by atoms with Crippen LogP contribution in [0.1, 0.15) is 20.3 Å². The van der Waals surface area contributed by atoms with Crippen LogP contribution in [0.15, 0.2) is 0 Å². The van der Waals surface area contributed by atoms with Crippen molar-refractivity contribution in [2.24, 2.45) is 17.8 Å². The van der Waals surface area contributed by atoms with Gasteiger partial charge in [0.2, 0.25) is 0 Å². The summed E-state index contributed by atoms with van der Waals surface area (Å²) in [6, 6.07) is 0. The third kappa shape index (κ3) is 1.03. The zero-order chi connectivity index (χ0) is 6.15. The minimum atomic E-state index is 0.406. The van der Waals surface area contributed by atoms with Crippen LogP contribution in [0.25, 0.3) is 0 Å². The minimum Gasteiger partial charge on any atom is -0.396 e. The number of aliphatic hydroxyl groups excluding tert-OH is 1. The Balaban J connectivity index is 2.16. The second kappa shape index (κ2) is 2.06. The molecule has 0 aromatic heterocycles. The first kappa shape index (κ1) is 6.09. The van der Waals surface area contributed by atoms with Gasteiger partial charge in [-0.25, -0.2) is 0 Å². The van der Waals surface area contributed by atoms with Gasteiger partial charge in [-0.05, 0) is 24.2 Å². The Labute approximate surface area is 50.7 Å². The van der Waals surface area contributed by atoms with Gasteiger partial charge in [-0.2, -0.15) is 0 Å². The molecule has 1 aliphatic rings. The Morgan fingerprint density at radius 2 is 2.25 bits per heavy atom. The number of rotatable bonds is 2. The molecule has 0 aromatic rings. The summed E-state index contributed by atoms with van der Waals surface area (Å²) in [4.78, 5) is 0. The molecule has 0 aliphatic heterocycles. The molecular formula is C7H14O. The molecule has 0 amide bonds. The van der Waals surface area contributed by atoms with Crippen LogP contribution < -0.4 is 0 Å². The fourth-order valence-corrected chi connectivity index (χ4v) is 1.30. The van der Waals surface area contributed by atoms with E-state index in [1.165, 1.54) is 6.42 Å². The molecule has 1 fully saturated rings. The zero-order valence-electron chi connectivity index (χ0n) is 5.59. The van der Waals surface area contributed by atoms with Crippen molar-refractivity contribution in [3.8, 4) is 0 Å². The van der Waals surface area contributed by atoms with Crippen molar-refractivity contribution in [1.29, 1.82) is 0 Å². The van der Waals surface area contributed by atoms with Crippen LogP contribution in [0.4, 0.5) is 0 Å². The lowest BCUT2D eigenvalue weighted by molar-refractivity contribution is 0.262. The minimum absolute atomic E-state index is 0.406. The summed E-state index contributed by atoms with van der Waals surface area (Å²) in [5.41, 5.74) is 0. The van der Waals surface area contributed by atoms with Gasteiger partial charge in [-0.1, -0.05) is 13.8 Å². The summed E-state index contributed by atoms with van der Waals surface area (Å²) in [5, 5.41) is 8.63. The predicted molar refractivity (Wildman–Crippen MR) is 33.5 cm³/mol. The van der Waals surface area contributed by atoms with Gasteiger partial charge in [0.1, 0.15) is 0 Å². The summed E-state index contributed by atoms with van der Waals surface area (Å²) in [7, 11) is 0. The van der Waals surface area contributed by atoms with E-state index in [4.69, 9.17) is 5.11 Å². The smallest absolute Gasteiger partial charge is 0.0462 e. The highest BCUT2D eigenvalue weighted by atomic mass is 16.3. The van der Waals surface area contributed by atoms with E-state index in [-0.39, 0.29) is 0 Å². The first-order valence-corrected chi connectivity index (χ1v) is 3.36. The summed E-state index contributed by atoms with van der Waals surface area (Å²) >= 11 is 0. The zero-order valence-corrected chi connectivity index (χ0v) is 5.59. The molecule has 1 N–H and O–H groups in total. The van der Waals surface area contributed by atoms with Crippen LogP contribution in [-0.2, 0) is 0 Å². The van der Waals surface area contributed by atoms with Crippen LogP contribution in [0.2, 0.25) is 0 Å². The fraction of sp³-hybridized carbons (Fsp3) is 1.00. The summed E-state index contributed by atoms with van der Waals surface area (Å²) in [5.74, 6) is 2.27. The van der Waals surface area contributed by atoms with Crippen molar-refractivity contribution < 1.29 is 5.11 Å². The van der Waals surface area contributed by atoms with Crippen molar-refractivity contribution in [2.75, 3.05) is 6.61 Å². The molecule has 0 heterocycles. The lowest BCUT2D eigenvalue weighted by Gasteiger charge is -1.98. The fourth-order valence-electron chi connectivity index (χ4n) is 1.30. The summed E-state index contributed by atoms with van der Waals surface area (Å²) < 4.78 is 0. The van der Waals surface area contributed by atoms with Gasteiger partial charge in [-0.15, -0.1) is 0 Å². The maximum absolute atomic E-state index is 8.63. The molecule has 1 saturated carbocycles. The van der Waals surface area contributed by atoms with Crippen molar-refractivity contribution in [3.05, 3.63) is 0 Å². The Bertz CT molecular complexity index is 78.5. The van der Waals surface area contributed by atoms with Gasteiger partial charge in [0.25, 0.3) is 0 Å². The molecule has 48 valence electrons. The third-order valence-corrected chi connectivity index (χ3v) is 2.07. The second-order valence-electron chi connectivity index (χ2n) is 3.09. The predicted octanol–water partition coefficient (Wildman–Crippen LogP) is 1.27. The van der Waals surface area contributed by atoms with Crippen LogP contribution in [-0.4, -0.2) is 11.7 Å². The van der Waals surface area contributed by atoms with Gasteiger partial charge in [0.05, 0.1) is 0 Å². The van der Waals surface area contributed by atoms with E-state index < -0.39 is 0 Å². The molecule has 0 aromatic carbocycles. The van der Waals surface area contributed by atoms with Crippen LogP contribution in [0.5, 0.6) is 0 Å². The Morgan fingerprint density at radius 3 is 2.38 bits per heavy atom. The Hall–Kier alpha value is -0.0400. The molecule has 1 nitrogen and oxygen atoms in total. The first-order valence-electron chi connectivity index (χ1n) is 3.36. The molecule has 0 saturated heterocycles. The molecule has 1 heteroatoms. The molecule has 2 atom stereocenters. The normalized spacial score (nSPS) is 36.0. The third-order valence-electron chi connectivity index (χ3n) is 2.07. The second-order valence-corrected chi connectivity index (χ2v) is 3.09. The van der Waals surface area contributed by atoms with E-state index in [9.17, 15) is 0 Å². The highest BCUT2D eigenvalue weighted by molar-refractivity contribution is 4.87. The van der Waals surface area contributed by atoms with Crippen molar-refractivity contribution in [1.82, 2.24) is 0 Å². The molecule has 8 heavy (non-hydrogen) atoms. The SMILES string of the molecule is CC(C)[C@@H]1C[C@H]1CO. The topological polar surface area (TPSA) is 20.2 Å². The van der Waals surface area contributed by atoms with E-state index in [0.717, 1.165) is 11.8 Å². The van der Waals surface area contributed by atoms with E-state index >= 15 is 0 Å². The van der Waals surface area contributed by atoms with Crippen molar-refractivity contribution in [2.45, 2.75) is 20.3 Å². The standard InChI is InChI=1S/C7H14O/c1-5(2)7-3-6(7)4-8/h5-8H,3-4H2,1-2H3/t6-,7-/m0/s1. The molecule has 1 aliphatic carbocycles. The largest absolute Gasteiger partial charge is 0.396 e. The van der Waals surface area contributed by atoms with Gasteiger partial charge in [0, 0.05) is 6.61 Å². The number of aliphatic hydroxyl groups is 1. The van der Waals surface area contributed by atoms with Gasteiger partial charge >= 0.3 is 0 Å². The Morgan fingerprint density at radius 1 is 1.62 bits per heavy atom. The van der Waals surface area contributed by atoms with Crippen LogP contribution >= 0.6 is 0 Å². The van der Waals surface area contributed by atoms with E-state index in [1.807, 2.05) is 0 Å². The number of hydrogen-bond donors (Lipinski definition) is 1. The lowest BCUT2D eigenvalue weighted by Crippen LogP contribution is -1.95. The average molecular weight is 114 g/mol. The number of hydrogen-bond acceptors (Lipinski definition) is 1. The molecule has 0 spiro atoms. The van der Waals surface area contributed by atoms with Crippen LogP contribution in [0.3, 0.4) is 0 Å². The van der Waals surface area contributed by atoms with E-state index in [1.54, 1.807) is 0 Å². The molecular weight excluding hydrogens is 100 g/mol. The maximum atomic E-state index is 8.63. The molecule has 0 radical (unpaired) electrons. The average Bonchev–Trinajstić information content (AvgIpc) is 2.42. The van der Waals surface area contributed by atoms with Gasteiger partial charge in [0.15, 0.2) is 0 Å². The monoisotopic (exact) mass is 114 g/mol.